The zero-order chi connectivity index (χ0) is 14.3. The highest BCUT2D eigenvalue weighted by Gasteiger charge is 2.33. The second-order valence-corrected chi connectivity index (χ2v) is 7.82. The van der Waals surface area contributed by atoms with E-state index in [1.807, 2.05) is 0 Å². The van der Waals surface area contributed by atoms with Crippen LogP contribution in [0, 0.1) is 18.2 Å². The summed E-state index contributed by atoms with van der Waals surface area (Å²) in [5.74, 6) is -0.530. The first-order valence-corrected chi connectivity index (χ1v) is 7.96. The van der Waals surface area contributed by atoms with Crippen LogP contribution in [0.2, 0.25) is 0 Å². The number of aryl methyl sites for hydroxylation is 1. The summed E-state index contributed by atoms with van der Waals surface area (Å²) < 4.78 is 40.5. The van der Waals surface area contributed by atoms with Crippen molar-refractivity contribution in [2.75, 3.05) is 0 Å². The highest BCUT2D eigenvalue weighted by molar-refractivity contribution is 7.89. The van der Waals surface area contributed by atoms with E-state index in [1.54, 1.807) is 6.92 Å². The largest absolute Gasteiger partial charge is 0.241 e. The third-order valence-electron chi connectivity index (χ3n) is 3.73. The van der Waals surface area contributed by atoms with Gasteiger partial charge >= 0.3 is 0 Å². The Morgan fingerprint density at radius 1 is 1.37 bits per heavy atom. The molecule has 1 unspecified atom stereocenters. The van der Waals surface area contributed by atoms with Crippen LogP contribution in [0.1, 0.15) is 38.7 Å². The number of sulfonamides is 1. The molecule has 1 aliphatic rings. The van der Waals surface area contributed by atoms with Crippen molar-refractivity contribution in [3.63, 3.8) is 0 Å². The van der Waals surface area contributed by atoms with Crippen LogP contribution in [0.3, 0.4) is 0 Å². The summed E-state index contributed by atoms with van der Waals surface area (Å²) >= 11 is 0. The zero-order valence-corrected chi connectivity index (χ0v) is 12.3. The molecule has 0 saturated heterocycles. The summed E-state index contributed by atoms with van der Waals surface area (Å²) in [6.45, 7) is 5.94. The van der Waals surface area contributed by atoms with Crippen LogP contribution in [0.4, 0.5) is 4.39 Å². The molecule has 1 aliphatic carbocycles. The summed E-state index contributed by atoms with van der Waals surface area (Å²) in [5.41, 5.74) is 0.732. The molecule has 0 aromatic heterocycles. The van der Waals surface area contributed by atoms with Crippen LogP contribution in [0.5, 0.6) is 0 Å². The predicted octanol–water partition coefficient (Wildman–Crippen LogP) is 2.99. The number of rotatable bonds is 3. The first kappa shape index (κ1) is 14.5. The summed E-state index contributed by atoms with van der Waals surface area (Å²) in [4.78, 5) is 0.0391. The van der Waals surface area contributed by atoms with Gasteiger partial charge in [0.1, 0.15) is 5.82 Å². The lowest BCUT2D eigenvalue weighted by atomic mass is 9.92. The van der Waals surface area contributed by atoms with Gasteiger partial charge in [0, 0.05) is 6.04 Å². The van der Waals surface area contributed by atoms with Crippen molar-refractivity contribution in [2.45, 2.75) is 51.0 Å². The molecule has 0 bridgehead atoms. The normalized spacial score (nSPS) is 22.6. The summed E-state index contributed by atoms with van der Waals surface area (Å²) in [5, 5.41) is 0. The van der Waals surface area contributed by atoms with Gasteiger partial charge in [0.05, 0.1) is 4.90 Å². The van der Waals surface area contributed by atoms with Gasteiger partial charge in [-0.25, -0.2) is 17.5 Å². The lowest BCUT2D eigenvalue weighted by Crippen LogP contribution is -2.34. The first-order valence-electron chi connectivity index (χ1n) is 6.48. The second kappa shape index (κ2) is 4.87. The van der Waals surface area contributed by atoms with E-state index < -0.39 is 15.8 Å². The van der Waals surface area contributed by atoms with Crippen molar-refractivity contribution >= 4 is 10.0 Å². The fourth-order valence-corrected chi connectivity index (χ4v) is 4.21. The maximum absolute atomic E-state index is 13.2. The van der Waals surface area contributed by atoms with E-state index in [0.717, 1.165) is 25.3 Å². The molecule has 106 valence electrons. The second-order valence-electron chi connectivity index (χ2n) is 6.14. The van der Waals surface area contributed by atoms with Crippen molar-refractivity contribution in [3.05, 3.63) is 29.6 Å². The monoisotopic (exact) mass is 285 g/mol. The van der Waals surface area contributed by atoms with E-state index in [0.29, 0.717) is 5.56 Å². The molecule has 2 rings (SSSR count). The topological polar surface area (TPSA) is 46.2 Å². The fourth-order valence-electron chi connectivity index (χ4n) is 2.68. The van der Waals surface area contributed by atoms with E-state index in [1.165, 1.54) is 12.1 Å². The minimum absolute atomic E-state index is 0.0391. The Balaban J connectivity index is 2.22. The minimum Gasteiger partial charge on any atom is -0.208 e. The van der Waals surface area contributed by atoms with E-state index in [-0.39, 0.29) is 16.4 Å². The van der Waals surface area contributed by atoms with Crippen molar-refractivity contribution in [2.24, 2.45) is 5.41 Å². The fraction of sp³-hybridized carbons (Fsp3) is 0.571. The number of nitrogens with one attached hydrogen (secondary N) is 1. The number of hydrogen-bond acceptors (Lipinski definition) is 2. The third kappa shape index (κ3) is 3.34. The Bertz CT molecular complexity index is 581. The molecule has 1 aromatic rings. The van der Waals surface area contributed by atoms with Crippen molar-refractivity contribution in [1.82, 2.24) is 4.72 Å². The van der Waals surface area contributed by atoms with Gasteiger partial charge in [-0.3, -0.25) is 0 Å². The molecule has 1 N–H and O–H groups in total. The van der Waals surface area contributed by atoms with Gasteiger partial charge in [0.15, 0.2) is 0 Å². The van der Waals surface area contributed by atoms with E-state index >= 15 is 0 Å². The van der Waals surface area contributed by atoms with Crippen molar-refractivity contribution in [3.8, 4) is 0 Å². The Hall–Kier alpha value is -0.940. The van der Waals surface area contributed by atoms with E-state index in [9.17, 15) is 12.8 Å². The van der Waals surface area contributed by atoms with Crippen LogP contribution in [-0.4, -0.2) is 14.5 Å². The molecular weight excluding hydrogens is 265 g/mol. The highest BCUT2D eigenvalue weighted by Crippen LogP contribution is 2.37. The molecule has 3 nitrogen and oxygen atoms in total. The summed E-state index contributed by atoms with van der Waals surface area (Å²) in [6, 6.07) is 3.79. The van der Waals surface area contributed by atoms with Gasteiger partial charge in [-0.15, -0.1) is 0 Å². The number of hydrogen-bond donors (Lipinski definition) is 1. The van der Waals surface area contributed by atoms with Gasteiger partial charge < -0.3 is 0 Å². The molecule has 0 radical (unpaired) electrons. The smallest absolute Gasteiger partial charge is 0.208 e. The van der Waals surface area contributed by atoms with Gasteiger partial charge in [0.25, 0.3) is 0 Å². The Labute approximate surface area is 114 Å². The van der Waals surface area contributed by atoms with E-state index in [4.69, 9.17) is 0 Å². The average Bonchev–Trinajstić information content (AvgIpc) is 2.60. The molecule has 5 heteroatoms. The Morgan fingerprint density at radius 2 is 2.05 bits per heavy atom. The molecule has 0 spiro atoms. The van der Waals surface area contributed by atoms with Crippen LogP contribution >= 0.6 is 0 Å². The lowest BCUT2D eigenvalue weighted by Gasteiger charge is -2.18. The quantitative estimate of drug-likeness (QED) is 0.928. The molecular formula is C14H20FNO2S. The molecule has 19 heavy (non-hydrogen) atoms. The van der Waals surface area contributed by atoms with Crippen molar-refractivity contribution < 1.29 is 12.8 Å². The number of halogens is 1. The summed E-state index contributed by atoms with van der Waals surface area (Å²) in [6.07, 6.45) is 2.66. The Kier molecular flexibility index (Phi) is 3.71. The van der Waals surface area contributed by atoms with Crippen LogP contribution in [0.25, 0.3) is 0 Å². The SMILES string of the molecule is Cc1ccc(F)cc1S(=O)(=O)NC1CCC(C)(C)C1. The standard InChI is InChI=1S/C14H20FNO2S/c1-10-4-5-11(15)8-13(10)19(17,18)16-12-6-7-14(2,3)9-12/h4-5,8,12,16H,6-7,9H2,1-3H3. The molecule has 1 fully saturated rings. The van der Waals surface area contributed by atoms with Crippen LogP contribution in [-0.2, 0) is 10.0 Å². The van der Waals surface area contributed by atoms with Gasteiger partial charge in [-0.05, 0) is 49.3 Å². The first-order chi connectivity index (χ1) is 8.70. The van der Waals surface area contributed by atoms with Crippen LogP contribution in [0.15, 0.2) is 23.1 Å². The maximum atomic E-state index is 13.2. The predicted molar refractivity (Wildman–Crippen MR) is 72.9 cm³/mol. The van der Waals surface area contributed by atoms with Crippen molar-refractivity contribution in [1.29, 1.82) is 0 Å². The third-order valence-corrected chi connectivity index (χ3v) is 5.39. The van der Waals surface area contributed by atoms with Gasteiger partial charge in [-0.1, -0.05) is 19.9 Å². The maximum Gasteiger partial charge on any atom is 0.241 e. The zero-order valence-electron chi connectivity index (χ0n) is 11.5. The van der Waals surface area contributed by atoms with E-state index in [2.05, 4.69) is 18.6 Å². The Morgan fingerprint density at radius 3 is 2.63 bits per heavy atom. The highest BCUT2D eigenvalue weighted by atomic mass is 32.2. The number of benzene rings is 1. The molecule has 1 atom stereocenters. The lowest BCUT2D eigenvalue weighted by molar-refractivity contribution is 0.372. The molecule has 0 aliphatic heterocycles. The molecule has 0 amide bonds. The van der Waals surface area contributed by atoms with Crippen LogP contribution < -0.4 is 4.72 Å². The summed E-state index contributed by atoms with van der Waals surface area (Å²) in [7, 11) is -3.64. The van der Waals surface area contributed by atoms with Gasteiger partial charge in [0.2, 0.25) is 10.0 Å². The molecule has 1 aromatic carbocycles. The minimum atomic E-state index is -3.64. The molecule has 1 saturated carbocycles. The molecule has 0 heterocycles. The average molecular weight is 285 g/mol. The van der Waals surface area contributed by atoms with Gasteiger partial charge in [-0.2, -0.15) is 0 Å².